The molecule has 1 aromatic carbocycles. The van der Waals surface area contributed by atoms with Crippen molar-refractivity contribution >= 4 is 11.6 Å². The van der Waals surface area contributed by atoms with Gasteiger partial charge in [0, 0.05) is 32.4 Å². The Bertz CT molecular complexity index is 683. The van der Waals surface area contributed by atoms with E-state index in [1.165, 1.54) is 0 Å². The van der Waals surface area contributed by atoms with E-state index in [9.17, 15) is 9.90 Å². The van der Waals surface area contributed by atoms with E-state index < -0.39 is 0 Å². The lowest BCUT2D eigenvalue weighted by atomic mass is 10.0. The molecule has 1 aliphatic rings. The van der Waals surface area contributed by atoms with Gasteiger partial charge in [0.15, 0.2) is 0 Å². The van der Waals surface area contributed by atoms with Crippen LogP contribution in [0.2, 0.25) is 0 Å². The number of hydrogen-bond donors (Lipinski definition) is 2. The molecule has 2 N–H and O–H groups in total. The third kappa shape index (κ3) is 4.03. The van der Waals surface area contributed by atoms with Gasteiger partial charge in [0.2, 0.25) is 5.91 Å². The lowest BCUT2D eigenvalue weighted by molar-refractivity contribution is -0.121. The summed E-state index contributed by atoms with van der Waals surface area (Å²) in [5.41, 5.74) is 1.92. The van der Waals surface area contributed by atoms with Crippen molar-refractivity contribution in [2.75, 3.05) is 18.0 Å². The van der Waals surface area contributed by atoms with Crippen LogP contribution in [0, 0.1) is 0 Å². The van der Waals surface area contributed by atoms with E-state index in [-0.39, 0.29) is 24.1 Å². The van der Waals surface area contributed by atoms with Gasteiger partial charge in [-0.15, -0.1) is 0 Å². The molecule has 1 unspecified atom stereocenters. The number of aromatic hydroxyl groups is 1. The maximum absolute atomic E-state index is 12.2. The van der Waals surface area contributed by atoms with Gasteiger partial charge in [-0.05, 0) is 30.5 Å². The topological polar surface area (TPSA) is 70.4 Å². The molecule has 2 aromatic rings. The van der Waals surface area contributed by atoms with Crippen molar-refractivity contribution in [3.8, 4) is 5.75 Å². The summed E-state index contributed by atoms with van der Waals surface area (Å²) in [6.45, 7) is 1.79. The van der Waals surface area contributed by atoms with Gasteiger partial charge in [-0.25, -0.2) is 0 Å². The first-order chi connectivity index (χ1) is 11.1. The lowest BCUT2D eigenvalue weighted by Gasteiger charge is -2.33. The zero-order valence-corrected chi connectivity index (χ0v) is 13.3. The van der Waals surface area contributed by atoms with E-state index in [4.69, 9.17) is 0 Å². The molecule has 0 spiro atoms. The normalized spacial score (nSPS) is 18.0. The van der Waals surface area contributed by atoms with Crippen LogP contribution in [0.15, 0.2) is 36.7 Å². The first-order valence-corrected chi connectivity index (χ1v) is 7.91. The molecule has 1 saturated heterocycles. The molecule has 1 aliphatic heterocycles. The number of benzene rings is 1. The van der Waals surface area contributed by atoms with E-state index in [0.717, 1.165) is 37.2 Å². The molecule has 0 bridgehead atoms. The highest BCUT2D eigenvalue weighted by Gasteiger charge is 2.22. The summed E-state index contributed by atoms with van der Waals surface area (Å²) >= 11 is 0. The molecule has 1 fully saturated rings. The Morgan fingerprint density at radius 3 is 3.09 bits per heavy atom. The molecular formula is C17H22N4O2. The maximum atomic E-state index is 12.2. The molecule has 0 radical (unpaired) electrons. The van der Waals surface area contributed by atoms with Crippen molar-refractivity contribution in [1.82, 2.24) is 15.1 Å². The summed E-state index contributed by atoms with van der Waals surface area (Å²) in [5.74, 6) is 0.185. The third-order valence-electron chi connectivity index (χ3n) is 4.12. The largest absolute Gasteiger partial charge is 0.508 e. The minimum absolute atomic E-state index is 0.00589. The number of anilines is 1. The number of amides is 1. The molecule has 1 atom stereocenters. The number of piperidine rings is 1. The van der Waals surface area contributed by atoms with Gasteiger partial charge in [0.05, 0.1) is 18.3 Å². The molecule has 1 amide bonds. The Kier molecular flexibility index (Phi) is 4.50. The van der Waals surface area contributed by atoms with Gasteiger partial charge >= 0.3 is 0 Å². The molecule has 6 heteroatoms. The lowest BCUT2D eigenvalue weighted by Crippen LogP contribution is -2.48. The Morgan fingerprint density at radius 1 is 1.48 bits per heavy atom. The minimum Gasteiger partial charge on any atom is -0.508 e. The summed E-state index contributed by atoms with van der Waals surface area (Å²) in [6.07, 6.45) is 6.18. The van der Waals surface area contributed by atoms with Gasteiger partial charge in [0.1, 0.15) is 5.75 Å². The Labute approximate surface area is 135 Å². The van der Waals surface area contributed by atoms with Crippen molar-refractivity contribution < 1.29 is 9.90 Å². The highest BCUT2D eigenvalue weighted by Crippen LogP contribution is 2.19. The number of aromatic nitrogens is 2. The average molecular weight is 314 g/mol. The predicted molar refractivity (Wildman–Crippen MR) is 88.4 cm³/mol. The molecule has 122 valence electrons. The molecular weight excluding hydrogens is 292 g/mol. The van der Waals surface area contributed by atoms with Crippen LogP contribution in [0.5, 0.6) is 5.75 Å². The molecule has 0 saturated carbocycles. The molecule has 0 aliphatic carbocycles. The van der Waals surface area contributed by atoms with E-state index >= 15 is 0 Å². The van der Waals surface area contributed by atoms with Crippen LogP contribution in [-0.4, -0.2) is 39.9 Å². The molecule has 23 heavy (non-hydrogen) atoms. The van der Waals surface area contributed by atoms with E-state index in [1.807, 2.05) is 25.5 Å². The second-order valence-electron chi connectivity index (χ2n) is 6.07. The zero-order chi connectivity index (χ0) is 16.2. The van der Waals surface area contributed by atoms with E-state index in [2.05, 4.69) is 15.3 Å². The molecule has 3 rings (SSSR count). The quantitative estimate of drug-likeness (QED) is 0.896. The number of rotatable bonds is 4. The zero-order valence-electron chi connectivity index (χ0n) is 13.3. The summed E-state index contributed by atoms with van der Waals surface area (Å²) in [5, 5.41) is 16.8. The molecule has 1 aromatic heterocycles. The fourth-order valence-electron chi connectivity index (χ4n) is 3.03. The SMILES string of the molecule is Cn1cc(N2CCCC(NC(=O)Cc3cccc(O)c3)C2)cn1. The van der Waals surface area contributed by atoms with Crippen molar-refractivity contribution in [2.24, 2.45) is 7.05 Å². The monoisotopic (exact) mass is 314 g/mol. The highest BCUT2D eigenvalue weighted by molar-refractivity contribution is 5.79. The van der Waals surface area contributed by atoms with Crippen LogP contribution in [0.25, 0.3) is 0 Å². The fourth-order valence-corrected chi connectivity index (χ4v) is 3.03. The highest BCUT2D eigenvalue weighted by atomic mass is 16.3. The first-order valence-electron chi connectivity index (χ1n) is 7.91. The number of aryl methyl sites for hydroxylation is 1. The van der Waals surface area contributed by atoms with Gasteiger partial charge in [0.25, 0.3) is 0 Å². The third-order valence-corrected chi connectivity index (χ3v) is 4.12. The number of phenolic OH excluding ortho intramolecular Hbond substituents is 1. The number of nitrogens with one attached hydrogen (secondary N) is 1. The van der Waals surface area contributed by atoms with Crippen LogP contribution in [-0.2, 0) is 18.3 Å². The van der Waals surface area contributed by atoms with E-state index in [0.29, 0.717) is 0 Å². The van der Waals surface area contributed by atoms with Crippen LogP contribution in [0.4, 0.5) is 5.69 Å². The molecule has 2 heterocycles. The van der Waals surface area contributed by atoms with Crippen molar-refractivity contribution in [3.05, 3.63) is 42.2 Å². The second-order valence-corrected chi connectivity index (χ2v) is 6.07. The Morgan fingerprint density at radius 2 is 2.35 bits per heavy atom. The van der Waals surface area contributed by atoms with Crippen molar-refractivity contribution in [3.63, 3.8) is 0 Å². The van der Waals surface area contributed by atoms with Gasteiger partial charge in [-0.1, -0.05) is 12.1 Å². The maximum Gasteiger partial charge on any atom is 0.224 e. The summed E-state index contributed by atoms with van der Waals surface area (Å²) in [7, 11) is 1.90. The van der Waals surface area contributed by atoms with Crippen molar-refractivity contribution in [2.45, 2.75) is 25.3 Å². The summed E-state index contributed by atoms with van der Waals surface area (Å²) < 4.78 is 1.79. The van der Waals surface area contributed by atoms with Crippen LogP contribution in [0.1, 0.15) is 18.4 Å². The van der Waals surface area contributed by atoms with Gasteiger partial charge < -0.3 is 15.3 Å². The number of nitrogens with zero attached hydrogens (tertiary/aromatic N) is 3. The summed E-state index contributed by atoms with van der Waals surface area (Å²) in [4.78, 5) is 14.5. The van der Waals surface area contributed by atoms with Crippen LogP contribution >= 0.6 is 0 Å². The van der Waals surface area contributed by atoms with Gasteiger partial charge in [-0.3, -0.25) is 9.48 Å². The van der Waals surface area contributed by atoms with E-state index in [1.54, 1.807) is 22.9 Å². The number of carbonyl (C=O) groups is 1. The Balaban J connectivity index is 1.56. The minimum atomic E-state index is -0.00589. The Hall–Kier alpha value is -2.50. The number of phenols is 1. The van der Waals surface area contributed by atoms with Crippen molar-refractivity contribution in [1.29, 1.82) is 0 Å². The van der Waals surface area contributed by atoms with Gasteiger partial charge in [-0.2, -0.15) is 5.10 Å². The smallest absolute Gasteiger partial charge is 0.224 e. The first kappa shape index (κ1) is 15.4. The molecule has 6 nitrogen and oxygen atoms in total. The van der Waals surface area contributed by atoms with Crippen LogP contribution in [0.3, 0.4) is 0 Å². The number of hydrogen-bond acceptors (Lipinski definition) is 4. The fraction of sp³-hybridized carbons (Fsp3) is 0.412. The summed E-state index contributed by atoms with van der Waals surface area (Å²) in [6, 6.07) is 6.98. The number of carbonyl (C=O) groups excluding carboxylic acids is 1. The standard InChI is InChI=1S/C17H22N4O2/c1-20-12-15(10-18-20)21-7-3-5-14(11-21)19-17(23)9-13-4-2-6-16(22)8-13/h2,4,6,8,10,12,14,22H,3,5,7,9,11H2,1H3,(H,19,23). The predicted octanol–water partition coefficient (Wildman–Crippen LogP) is 1.45. The second kappa shape index (κ2) is 6.73. The van der Waals surface area contributed by atoms with Crippen LogP contribution < -0.4 is 10.2 Å². The average Bonchev–Trinajstić information content (AvgIpc) is 2.94.